The lowest BCUT2D eigenvalue weighted by molar-refractivity contribution is -0.383. The fourth-order valence-electron chi connectivity index (χ4n) is 1.24. The lowest BCUT2D eigenvalue weighted by Gasteiger charge is -2.00. The number of nitro groups is 1. The molecule has 98 valence electrons. The Morgan fingerprint density at radius 2 is 2.11 bits per heavy atom. The number of anilines is 1. The molecule has 0 saturated heterocycles. The van der Waals surface area contributed by atoms with Crippen molar-refractivity contribution < 1.29 is 14.5 Å². The van der Waals surface area contributed by atoms with E-state index in [0.29, 0.717) is 0 Å². The van der Waals surface area contributed by atoms with E-state index in [9.17, 15) is 19.7 Å². The molecule has 1 N–H and O–H groups in total. The van der Waals surface area contributed by atoms with Gasteiger partial charge in [-0.25, -0.2) is 0 Å². The highest BCUT2D eigenvalue weighted by molar-refractivity contribution is 7.17. The molecule has 18 heavy (non-hydrogen) atoms. The molecule has 0 aliphatic rings. The van der Waals surface area contributed by atoms with E-state index in [1.807, 2.05) is 13.8 Å². The van der Waals surface area contributed by atoms with Gasteiger partial charge in [-0.05, 0) is 5.92 Å². The predicted octanol–water partition coefficient (Wildman–Crippen LogP) is 2.70. The minimum Gasteiger partial charge on any atom is -0.305 e. The van der Waals surface area contributed by atoms with Crippen LogP contribution in [-0.2, 0) is 9.59 Å². The van der Waals surface area contributed by atoms with E-state index in [1.54, 1.807) is 6.92 Å². The summed E-state index contributed by atoms with van der Waals surface area (Å²) in [6, 6.07) is 1.43. The van der Waals surface area contributed by atoms with Gasteiger partial charge in [0.05, 0.1) is 4.92 Å². The van der Waals surface area contributed by atoms with Gasteiger partial charge in [-0.3, -0.25) is 19.7 Å². The van der Waals surface area contributed by atoms with E-state index in [2.05, 4.69) is 5.32 Å². The average molecular weight is 270 g/mol. The molecule has 1 heterocycles. The van der Waals surface area contributed by atoms with Crippen LogP contribution in [0.3, 0.4) is 0 Å². The molecule has 0 saturated carbocycles. The quantitative estimate of drug-likeness (QED) is 0.506. The molecule has 0 atom stereocenters. The first kappa shape index (κ1) is 14.3. The predicted molar refractivity (Wildman–Crippen MR) is 69.0 cm³/mol. The summed E-state index contributed by atoms with van der Waals surface area (Å²) < 4.78 is 0. The summed E-state index contributed by atoms with van der Waals surface area (Å²) in [6.45, 7) is 5.36. The first-order chi connectivity index (χ1) is 8.36. The Morgan fingerprint density at radius 3 is 2.56 bits per heavy atom. The van der Waals surface area contributed by atoms with E-state index in [4.69, 9.17) is 0 Å². The highest BCUT2D eigenvalue weighted by Gasteiger charge is 2.23. The normalized spacial score (nSPS) is 10.4. The number of carbonyl (C=O) groups excluding carboxylic acids is 2. The fourth-order valence-corrected chi connectivity index (χ4v) is 2.27. The molecule has 1 aromatic rings. The van der Waals surface area contributed by atoms with Crippen molar-refractivity contribution >= 4 is 33.7 Å². The number of amides is 1. The average Bonchev–Trinajstić information content (AvgIpc) is 2.72. The van der Waals surface area contributed by atoms with Crippen molar-refractivity contribution in [3.8, 4) is 0 Å². The van der Waals surface area contributed by atoms with Crippen molar-refractivity contribution in [2.45, 2.75) is 33.1 Å². The molecule has 6 nitrogen and oxygen atoms in total. The van der Waals surface area contributed by atoms with E-state index in [1.165, 1.54) is 6.07 Å². The zero-order valence-electron chi connectivity index (χ0n) is 10.4. The van der Waals surface area contributed by atoms with Crippen LogP contribution in [0, 0.1) is 10.1 Å². The van der Waals surface area contributed by atoms with E-state index in [0.717, 1.165) is 16.2 Å². The third-order valence-electron chi connectivity index (χ3n) is 2.30. The molecule has 1 amide bonds. The summed E-state index contributed by atoms with van der Waals surface area (Å²) in [4.78, 5) is 33.7. The van der Waals surface area contributed by atoms with Crippen molar-refractivity contribution in [1.29, 1.82) is 0 Å². The van der Waals surface area contributed by atoms with Crippen LogP contribution in [0.25, 0.3) is 0 Å². The van der Waals surface area contributed by atoms with Crippen molar-refractivity contribution in [2.75, 3.05) is 5.32 Å². The molecule has 0 fully saturated rings. The van der Waals surface area contributed by atoms with Gasteiger partial charge in [-0.2, -0.15) is 0 Å². The Labute approximate surface area is 108 Å². The molecular formula is C11H14N2O4S. The zero-order chi connectivity index (χ0) is 13.9. The van der Waals surface area contributed by atoms with Gasteiger partial charge in [0.2, 0.25) is 5.78 Å². The number of Topliss-reactive ketones (excluding diaryl/α,β-unsaturated/α-hetero) is 1. The standard InChI is InChI=1S/C11H14N2O4S/c1-4-8(14)10(15)12-11-7(13(16)17)5-9(18-11)6(2)3/h5-6H,4H2,1-3H3,(H,12,15). The van der Waals surface area contributed by atoms with Gasteiger partial charge in [-0.1, -0.05) is 20.8 Å². The molecule has 1 rings (SSSR count). The van der Waals surface area contributed by atoms with E-state index >= 15 is 0 Å². The Morgan fingerprint density at radius 1 is 1.50 bits per heavy atom. The number of carbonyl (C=O) groups is 2. The maximum Gasteiger partial charge on any atom is 0.304 e. The zero-order valence-corrected chi connectivity index (χ0v) is 11.2. The molecular weight excluding hydrogens is 256 g/mol. The molecule has 0 aliphatic heterocycles. The number of ketones is 1. The van der Waals surface area contributed by atoms with Gasteiger partial charge in [0.1, 0.15) is 0 Å². The van der Waals surface area contributed by atoms with Crippen LogP contribution < -0.4 is 5.32 Å². The van der Waals surface area contributed by atoms with Gasteiger partial charge in [0.15, 0.2) is 5.00 Å². The van der Waals surface area contributed by atoms with Crippen molar-refractivity contribution in [2.24, 2.45) is 0 Å². The van der Waals surface area contributed by atoms with Crippen LogP contribution in [0.5, 0.6) is 0 Å². The Hall–Kier alpha value is -1.76. The maximum atomic E-state index is 11.4. The molecule has 0 unspecified atom stereocenters. The van der Waals surface area contributed by atoms with Crippen LogP contribution in [0.1, 0.15) is 38.0 Å². The van der Waals surface area contributed by atoms with Gasteiger partial charge < -0.3 is 5.32 Å². The highest BCUT2D eigenvalue weighted by atomic mass is 32.1. The van der Waals surface area contributed by atoms with Crippen LogP contribution in [-0.4, -0.2) is 16.6 Å². The summed E-state index contributed by atoms with van der Waals surface area (Å²) in [5.41, 5.74) is -0.166. The Bertz CT molecular complexity index is 493. The monoisotopic (exact) mass is 270 g/mol. The summed E-state index contributed by atoms with van der Waals surface area (Å²) in [6.07, 6.45) is 0.0715. The molecule has 0 aliphatic carbocycles. The second kappa shape index (κ2) is 5.72. The van der Waals surface area contributed by atoms with Crippen LogP contribution in [0.4, 0.5) is 10.7 Å². The van der Waals surface area contributed by atoms with Crippen LogP contribution >= 0.6 is 11.3 Å². The summed E-state index contributed by atoms with van der Waals surface area (Å²) >= 11 is 1.13. The smallest absolute Gasteiger partial charge is 0.304 e. The van der Waals surface area contributed by atoms with Gasteiger partial charge >= 0.3 is 5.69 Å². The van der Waals surface area contributed by atoms with Crippen LogP contribution in [0.15, 0.2) is 6.07 Å². The largest absolute Gasteiger partial charge is 0.305 e. The first-order valence-electron chi connectivity index (χ1n) is 5.49. The van der Waals surface area contributed by atoms with Crippen molar-refractivity contribution in [3.63, 3.8) is 0 Å². The number of nitrogens with zero attached hydrogens (tertiary/aromatic N) is 1. The molecule has 1 aromatic heterocycles. The molecule has 0 radical (unpaired) electrons. The van der Waals surface area contributed by atoms with E-state index < -0.39 is 16.6 Å². The number of nitrogens with one attached hydrogen (secondary N) is 1. The lowest BCUT2D eigenvalue weighted by Crippen LogP contribution is -2.21. The highest BCUT2D eigenvalue weighted by Crippen LogP contribution is 2.37. The fraction of sp³-hybridized carbons (Fsp3) is 0.455. The number of hydrogen-bond donors (Lipinski definition) is 1. The maximum absolute atomic E-state index is 11.4. The lowest BCUT2D eigenvalue weighted by atomic mass is 10.2. The molecule has 7 heteroatoms. The molecule has 0 spiro atoms. The Kier molecular flexibility index (Phi) is 4.55. The minimum absolute atomic E-state index is 0.0715. The number of thiophene rings is 1. The second-order valence-electron chi connectivity index (χ2n) is 4.01. The molecule has 0 bridgehead atoms. The van der Waals surface area contributed by atoms with Crippen molar-refractivity contribution in [3.05, 3.63) is 21.1 Å². The summed E-state index contributed by atoms with van der Waals surface area (Å²) in [5, 5.41) is 13.3. The first-order valence-corrected chi connectivity index (χ1v) is 6.30. The minimum atomic E-state index is -0.808. The van der Waals surface area contributed by atoms with Crippen LogP contribution in [0.2, 0.25) is 0 Å². The van der Waals surface area contributed by atoms with Gasteiger partial charge in [0, 0.05) is 17.4 Å². The molecule has 0 aromatic carbocycles. The second-order valence-corrected chi connectivity index (χ2v) is 5.09. The van der Waals surface area contributed by atoms with E-state index in [-0.39, 0.29) is 23.0 Å². The summed E-state index contributed by atoms with van der Waals surface area (Å²) in [5.74, 6) is -1.28. The van der Waals surface area contributed by atoms with Gasteiger partial charge in [0.25, 0.3) is 5.91 Å². The third kappa shape index (κ3) is 3.13. The Balaban J connectivity index is 3.04. The van der Waals surface area contributed by atoms with Crippen molar-refractivity contribution in [1.82, 2.24) is 0 Å². The topological polar surface area (TPSA) is 89.3 Å². The third-order valence-corrected chi connectivity index (χ3v) is 3.64. The number of hydrogen-bond acceptors (Lipinski definition) is 5. The summed E-state index contributed by atoms with van der Waals surface area (Å²) in [7, 11) is 0. The number of rotatable bonds is 5. The van der Waals surface area contributed by atoms with Gasteiger partial charge in [-0.15, -0.1) is 11.3 Å². The SMILES string of the molecule is CCC(=O)C(=O)Nc1sc(C(C)C)cc1[N+](=O)[O-].